The summed E-state index contributed by atoms with van der Waals surface area (Å²) in [7, 11) is 0. The second-order valence-corrected chi connectivity index (χ2v) is 4.12. The van der Waals surface area contributed by atoms with E-state index in [2.05, 4.69) is 10.5 Å². The molecule has 0 aliphatic heterocycles. The fourth-order valence-electron chi connectivity index (χ4n) is 1.25. The van der Waals surface area contributed by atoms with Crippen LogP contribution in [0.15, 0.2) is 34.3 Å². The third-order valence-electron chi connectivity index (χ3n) is 2.00. The van der Waals surface area contributed by atoms with Gasteiger partial charge in [0.15, 0.2) is 0 Å². The van der Waals surface area contributed by atoms with Crippen molar-refractivity contribution in [2.75, 3.05) is 6.54 Å². The molecule has 1 atom stereocenters. The Balaban J connectivity index is 1.74. The van der Waals surface area contributed by atoms with Gasteiger partial charge in [0.1, 0.15) is 11.9 Å². The van der Waals surface area contributed by atoms with E-state index in [9.17, 15) is 5.11 Å². The zero-order valence-electron chi connectivity index (χ0n) is 8.09. The Bertz CT molecular complexity index is 372. The lowest BCUT2D eigenvalue weighted by Gasteiger charge is -2.08. The van der Waals surface area contributed by atoms with Crippen LogP contribution in [0.5, 0.6) is 0 Å². The highest BCUT2D eigenvalue weighted by Crippen LogP contribution is 2.17. The van der Waals surface area contributed by atoms with Gasteiger partial charge in [-0.1, -0.05) is 11.2 Å². The molecule has 80 valence electrons. The Morgan fingerprint density at radius 3 is 3.13 bits per heavy atom. The van der Waals surface area contributed by atoms with Crippen LogP contribution < -0.4 is 5.32 Å². The molecule has 5 heteroatoms. The van der Waals surface area contributed by atoms with Crippen molar-refractivity contribution in [2.45, 2.75) is 12.6 Å². The SMILES string of the molecule is OC(CNCc1ccno1)c1cccs1. The van der Waals surface area contributed by atoms with Crippen molar-refractivity contribution in [1.29, 1.82) is 0 Å². The van der Waals surface area contributed by atoms with Gasteiger partial charge in [-0.05, 0) is 11.4 Å². The van der Waals surface area contributed by atoms with Crippen molar-refractivity contribution < 1.29 is 9.63 Å². The molecule has 2 aromatic heterocycles. The topological polar surface area (TPSA) is 58.3 Å². The van der Waals surface area contributed by atoms with Gasteiger partial charge in [-0.3, -0.25) is 0 Å². The van der Waals surface area contributed by atoms with Crippen LogP contribution in [0.3, 0.4) is 0 Å². The molecule has 0 radical (unpaired) electrons. The van der Waals surface area contributed by atoms with E-state index in [1.807, 2.05) is 17.5 Å². The van der Waals surface area contributed by atoms with E-state index in [0.717, 1.165) is 10.6 Å². The van der Waals surface area contributed by atoms with E-state index in [4.69, 9.17) is 4.52 Å². The number of nitrogens with zero attached hydrogens (tertiary/aromatic N) is 1. The maximum absolute atomic E-state index is 9.74. The molecule has 2 rings (SSSR count). The molecule has 0 saturated carbocycles. The molecule has 0 spiro atoms. The number of thiophene rings is 1. The quantitative estimate of drug-likeness (QED) is 0.809. The first-order valence-corrected chi connectivity index (χ1v) is 5.56. The molecule has 15 heavy (non-hydrogen) atoms. The second-order valence-electron chi connectivity index (χ2n) is 3.14. The lowest BCUT2D eigenvalue weighted by atomic mass is 10.3. The summed E-state index contributed by atoms with van der Waals surface area (Å²) in [6.45, 7) is 1.10. The molecular weight excluding hydrogens is 212 g/mol. The van der Waals surface area contributed by atoms with Crippen LogP contribution in [-0.2, 0) is 6.54 Å². The lowest BCUT2D eigenvalue weighted by molar-refractivity contribution is 0.176. The van der Waals surface area contributed by atoms with Crippen molar-refractivity contribution in [3.05, 3.63) is 40.4 Å². The van der Waals surface area contributed by atoms with Crippen molar-refractivity contribution in [3.63, 3.8) is 0 Å². The number of hydrogen-bond donors (Lipinski definition) is 2. The van der Waals surface area contributed by atoms with Crippen LogP contribution in [-0.4, -0.2) is 16.8 Å². The Labute approximate surface area is 91.5 Å². The highest BCUT2D eigenvalue weighted by Gasteiger charge is 2.07. The first-order chi connectivity index (χ1) is 7.36. The van der Waals surface area contributed by atoms with Crippen molar-refractivity contribution in [3.8, 4) is 0 Å². The standard InChI is InChI=1S/C10H12N2O2S/c13-9(10-2-1-5-15-10)7-11-6-8-3-4-12-14-8/h1-5,9,11,13H,6-7H2. The molecule has 0 bridgehead atoms. The summed E-state index contributed by atoms with van der Waals surface area (Å²) >= 11 is 1.55. The maximum atomic E-state index is 9.74. The number of nitrogens with one attached hydrogen (secondary N) is 1. The number of aliphatic hydroxyl groups is 1. The first-order valence-electron chi connectivity index (χ1n) is 4.68. The van der Waals surface area contributed by atoms with Crippen LogP contribution in [0.1, 0.15) is 16.7 Å². The Hall–Kier alpha value is -1.17. The number of aliphatic hydroxyl groups excluding tert-OH is 1. The smallest absolute Gasteiger partial charge is 0.150 e. The number of hydrogen-bond acceptors (Lipinski definition) is 5. The molecule has 0 saturated heterocycles. The Morgan fingerprint density at radius 1 is 1.53 bits per heavy atom. The molecule has 0 aliphatic carbocycles. The molecule has 2 heterocycles. The predicted octanol–water partition coefficient (Wildman–Crippen LogP) is 1.56. The van der Waals surface area contributed by atoms with E-state index < -0.39 is 6.10 Å². The molecule has 0 amide bonds. The van der Waals surface area contributed by atoms with Gasteiger partial charge >= 0.3 is 0 Å². The lowest BCUT2D eigenvalue weighted by Crippen LogP contribution is -2.20. The summed E-state index contributed by atoms with van der Waals surface area (Å²) in [6.07, 6.45) is 1.15. The fraction of sp³-hybridized carbons (Fsp3) is 0.300. The van der Waals surface area contributed by atoms with Gasteiger partial charge in [-0.25, -0.2) is 0 Å². The summed E-state index contributed by atoms with van der Waals surface area (Å²) in [5, 5.41) is 18.4. The third kappa shape index (κ3) is 2.89. The van der Waals surface area contributed by atoms with Gasteiger partial charge in [-0.15, -0.1) is 11.3 Å². The van der Waals surface area contributed by atoms with E-state index in [1.165, 1.54) is 0 Å². The minimum atomic E-state index is -0.451. The average Bonchev–Trinajstić information content (AvgIpc) is 2.90. The monoisotopic (exact) mass is 224 g/mol. The zero-order chi connectivity index (χ0) is 10.5. The van der Waals surface area contributed by atoms with Gasteiger partial charge in [0.25, 0.3) is 0 Å². The van der Waals surface area contributed by atoms with Crippen molar-refractivity contribution in [2.24, 2.45) is 0 Å². The number of rotatable bonds is 5. The third-order valence-corrected chi connectivity index (χ3v) is 2.97. The summed E-state index contributed by atoms with van der Waals surface area (Å²) in [4.78, 5) is 0.972. The highest BCUT2D eigenvalue weighted by molar-refractivity contribution is 7.10. The molecule has 1 unspecified atom stereocenters. The van der Waals surface area contributed by atoms with E-state index >= 15 is 0 Å². The van der Waals surface area contributed by atoms with E-state index in [0.29, 0.717) is 13.1 Å². The summed E-state index contributed by atoms with van der Waals surface area (Å²) in [5.74, 6) is 0.772. The summed E-state index contributed by atoms with van der Waals surface area (Å²) in [6, 6.07) is 5.65. The Morgan fingerprint density at radius 2 is 2.47 bits per heavy atom. The van der Waals surface area contributed by atoms with Gasteiger partial charge in [0.05, 0.1) is 12.7 Å². The first kappa shape index (κ1) is 10.4. The minimum absolute atomic E-state index is 0.451. The van der Waals surface area contributed by atoms with E-state index in [1.54, 1.807) is 23.6 Å². The van der Waals surface area contributed by atoms with E-state index in [-0.39, 0.29) is 0 Å². The second kappa shape index (κ2) is 5.06. The van der Waals surface area contributed by atoms with Crippen LogP contribution in [0, 0.1) is 0 Å². The molecule has 0 fully saturated rings. The van der Waals surface area contributed by atoms with Crippen LogP contribution in [0.4, 0.5) is 0 Å². The largest absolute Gasteiger partial charge is 0.386 e. The van der Waals surface area contributed by atoms with Crippen LogP contribution in [0.2, 0.25) is 0 Å². The normalized spacial score (nSPS) is 12.9. The summed E-state index contributed by atoms with van der Waals surface area (Å²) in [5.41, 5.74) is 0. The van der Waals surface area contributed by atoms with Gasteiger partial charge in [-0.2, -0.15) is 0 Å². The molecule has 2 N–H and O–H groups in total. The molecule has 0 aliphatic rings. The average molecular weight is 224 g/mol. The van der Waals surface area contributed by atoms with Gasteiger partial charge in [0, 0.05) is 17.5 Å². The van der Waals surface area contributed by atoms with Gasteiger partial charge < -0.3 is 14.9 Å². The number of aromatic nitrogens is 1. The molecule has 4 nitrogen and oxygen atoms in total. The fourth-order valence-corrected chi connectivity index (χ4v) is 1.96. The molecule has 0 aromatic carbocycles. The predicted molar refractivity (Wildman–Crippen MR) is 57.5 cm³/mol. The van der Waals surface area contributed by atoms with Crippen LogP contribution >= 0.6 is 11.3 Å². The van der Waals surface area contributed by atoms with Gasteiger partial charge in [0.2, 0.25) is 0 Å². The molecule has 2 aromatic rings. The zero-order valence-corrected chi connectivity index (χ0v) is 8.91. The van der Waals surface area contributed by atoms with Crippen molar-refractivity contribution in [1.82, 2.24) is 10.5 Å². The summed E-state index contributed by atoms with van der Waals surface area (Å²) < 4.78 is 4.91. The maximum Gasteiger partial charge on any atom is 0.150 e. The van der Waals surface area contributed by atoms with Crippen LogP contribution in [0.25, 0.3) is 0 Å². The Kier molecular flexibility index (Phi) is 3.49. The van der Waals surface area contributed by atoms with Crippen molar-refractivity contribution >= 4 is 11.3 Å². The highest BCUT2D eigenvalue weighted by atomic mass is 32.1. The minimum Gasteiger partial charge on any atom is -0.386 e. The molecular formula is C10H12N2O2S.